The first-order valence-corrected chi connectivity index (χ1v) is 12.6. The van der Waals surface area contributed by atoms with Crippen LogP contribution < -0.4 is 5.32 Å². The molecule has 0 bridgehead atoms. The zero-order valence-corrected chi connectivity index (χ0v) is 20.3. The third-order valence-electron chi connectivity index (χ3n) is 5.81. The summed E-state index contributed by atoms with van der Waals surface area (Å²) in [5, 5.41) is 7.91. The molecule has 172 valence electrons. The maximum absolute atomic E-state index is 13.1. The molecule has 0 saturated carbocycles. The summed E-state index contributed by atoms with van der Waals surface area (Å²) in [7, 11) is -3.72. The Balaban J connectivity index is 1.44. The van der Waals surface area contributed by atoms with Gasteiger partial charge in [-0.15, -0.1) is 11.3 Å². The summed E-state index contributed by atoms with van der Waals surface area (Å²) in [6, 6.07) is -0.515. The van der Waals surface area contributed by atoms with E-state index in [4.69, 9.17) is 4.52 Å². The summed E-state index contributed by atoms with van der Waals surface area (Å²) in [4.78, 5) is 25.6. The van der Waals surface area contributed by atoms with E-state index in [1.807, 2.05) is 13.8 Å². The zero-order chi connectivity index (χ0) is 23.2. The van der Waals surface area contributed by atoms with Crippen molar-refractivity contribution in [3.05, 3.63) is 28.2 Å². The number of nitrogens with one attached hydrogen (secondary N) is 1. The lowest BCUT2D eigenvalue weighted by atomic mass is 10.2. The van der Waals surface area contributed by atoms with Crippen LogP contribution in [0.3, 0.4) is 0 Å². The van der Waals surface area contributed by atoms with Crippen molar-refractivity contribution in [3.8, 4) is 0 Å². The van der Waals surface area contributed by atoms with Crippen LogP contribution in [0, 0.1) is 27.7 Å². The molecule has 0 unspecified atom stereocenters. The Hall–Kier alpha value is -2.57. The predicted molar refractivity (Wildman–Crippen MR) is 121 cm³/mol. The molecule has 1 saturated heterocycles. The zero-order valence-electron chi connectivity index (χ0n) is 18.7. The molecule has 0 spiro atoms. The molecule has 10 nitrogen and oxygen atoms in total. The summed E-state index contributed by atoms with van der Waals surface area (Å²) in [6.45, 7) is 10.1. The van der Waals surface area contributed by atoms with Gasteiger partial charge < -0.3 is 14.7 Å². The van der Waals surface area contributed by atoms with Gasteiger partial charge in [0, 0.05) is 31.1 Å². The maximum atomic E-state index is 13.1. The quantitative estimate of drug-likeness (QED) is 0.593. The van der Waals surface area contributed by atoms with Gasteiger partial charge in [-0.25, -0.2) is 18.4 Å². The lowest BCUT2D eigenvalue weighted by Crippen LogP contribution is -2.53. The van der Waals surface area contributed by atoms with E-state index in [1.165, 1.54) is 10.6 Å². The number of sulfonamides is 1. The summed E-state index contributed by atoms with van der Waals surface area (Å²) in [6.07, 6.45) is 1.50. The number of carbonyl (C=O) groups is 1. The minimum absolute atomic E-state index is 0.101. The Labute approximate surface area is 190 Å². The van der Waals surface area contributed by atoms with Gasteiger partial charge in [0.15, 0.2) is 5.76 Å². The fourth-order valence-electron chi connectivity index (χ4n) is 3.95. The molecule has 0 aliphatic carbocycles. The minimum Gasteiger partial charge on any atom is -0.360 e. The number of aromatic nitrogens is 3. The molecule has 32 heavy (non-hydrogen) atoms. The van der Waals surface area contributed by atoms with Crippen molar-refractivity contribution in [2.24, 2.45) is 0 Å². The molecule has 4 heterocycles. The number of hydrogen-bond acceptors (Lipinski definition) is 9. The summed E-state index contributed by atoms with van der Waals surface area (Å²) >= 11 is 1.60. The van der Waals surface area contributed by atoms with Crippen LogP contribution in [0.15, 0.2) is 15.7 Å². The van der Waals surface area contributed by atoms with E-state index in [0.717, 1.165) is 20.7 Å². The Morgan fingerprint density at radius 1 is 1.16 bits per heavy atom. The van der Waals surface area contributed by atoms with Crippen molar-refractivity contribution in [1.29, 1.82) is 0 Å². The van der Waals surface area contributed by atoms with E-state index in [-0.39, 0.29) is 29.7 Å². The second-order valence-electron chi connectivity index (χ2n) is 7.93. The third kappa shape index (κ3) is 3.86. The molecule has 1 aliphatic heterocycles. The van der Waals surface area contributed by atoms with Gasteiger partial charge in [-0.2, -0.15) is 4.31 Å². The average molecular weight is 479 g/mol. The maximum Gasteiger partial charge on any atom is 0.248 e. The van der Waals surface area contributed by atoms with Gasteiger partial charge in [-0.1, -0.05) is 5.16 Å². The smallest absolute Gasteiger partial charge is 0.248 e. The van der Waals surface area contributed by atoms with E-state index in [1.54, 1.807) is 37.0 Å². The molecule has 1 amide bonds. The lowest BCUT2D eigenvalue weighted by molar-refractivity contribution is -0.132. The van der Waals surface area contributed by atoms with Crippen molar-refractivity contribution >= 4 is 43.3 Å². The number of carbonyl (C=O) groups excluding carboxylic acids is 1. The SMILES string of the molecule is Cc1noc(C)c1S(=O)(=O)N1CCN(C(=O)[C@@H](C)Nc2ncnc3sc(C)c(C)c23)CC1. The monoisotopic (exact) mass is 478 g/mol. The molecule has 0 aromatic carbocycles. The normalized spacial score (nSPS) is 16.5. The number of thiophene rings is 1. The van der Waals surface area contributed by atoms with Crippen molar-refractivity contribution in [2.45, 2.75) is 45.6 Å². The second-order valence-corrected chi connectivity index (χ2v) is 11.0. The van der Waals surface area contributed by atoms with Crippen LogP contribution >= 0.6 is 11.3 Å². The van der Waals surface area contributed by atoms with Gasteiger partial charge >= 0.3 is 0 Å². The molecule has 0 radical (unpaired) electrons. The molecule has 1 atom stereocenters. The van der Waals surface area contributed by atoms with Crippen LogP contribution in [0.2, 0.25) is 0 Å². The molecule has 1 N–H and O–H groups in total. The van der Waals surface area contributed by atoms with E-state index in [2.05, 4.69) is 20.4 Å². The number of piperazine rings is 1. The van der Waals surface area contributed by atoms with Gasteiger partial charge in [0.05, 0.1) is 5.39 Å². The molecule has 3 aromatic rings. The number of aryl methyl sites for hydroxylation is 4. The van der Waals surface area contributed by atoms with Crippen LogP contribution in [-0.4, -0.2) is 70.9 Å². The minimum atomic E-state index is -3.72. The molecule has 1 aliphatic rings. The average Bonchev–Trinajstić information content (AvgIpc) is 3.26. The molecule has 12 heteroatoms. The molecule has 1 fully saturated rings. The highest BCUT2D eigenvalue weighted by Gasteiger charge is 2.35. The largest absolute Gasteiger partial charge is 0.360 e. The van der Waals surface area contributed by atoms with Crippen LogP contribution in [0.5, 0.6) is 0 Å². The van der Waals surface area contributed by atoms with Crippen LogP contribution in [0.1, 0.15) is 28.8 Å². The highest BCUT2D eigenvalue weighted by molar-refractivity contribution is 7.89. The van der Waals surface area contributed by atoms with Gasteiger partial charge in [0.1, 0.15) is 33.6 Å². The fourth-order valence-corrected chi connectivity index (χ4v) is 6.66. The topological polar surface area (TPSA) is 122 Å². The fraction of sp³-hybridized carbons (Fsp3) is 0.500. The third-order valence-corrected chi connectivity index (χ3v) is 9.06. The predicted octanol–water partition coefficient (Wildman–Crippen LogP) is 2.25. The standard InChI is InChI=1S/C20H26N6O4S2/c1-11-15(5)31-19-16(11)18(21-10-22-19)23-13(3)20(27)25-6-8-26(9-7-25)32(28,29)17-12(2)24-30-14(17)4/h10,13H,6-9H2,1-5H3,(H,21,22,23)/t13-/m1/s1. The van der Waals surface area contributed by atoms with Gasteiger partial charge in [0.25, 0.3) is 0 Å². The van der Waals surface area contributed by atoms with Crippen LogP contribution in [-0.2, 0) is 14.8 Å². The van der Waals surface area contributed by atoms with E-state index < -0.39 is 16.1 Å². The summed E-state index contributed by atoms with van der Waals surface area (Å²) in [5.41, 5.74) is 1.44. The summed E-state index contributed by atoms with van der Waals surface area (Å²) in [5.74, 6) is 0.807. The number of anilines is 1. The number of amides is 1. The van der Waals surface area contributed by atoms with E-state index in [9.17, 15) is 13.2 Å². The van der Waals surface area contributed by atoms with Gasteiger partial charge in [0.2, 0.25) is 15.9 Å². The first kappa shape index (κ1) is 22.6. The van der Waals surface area contributed by atoms with Crippen LogP contribution in [0.25, 0.3) is 10.2 Å². The van der Waals surface area contributed by atoms with Crippen molar-refractivity contribution in [3.63, 3.8) is 0 Å². The molecular weight excluding hydrogens is 452 g/mol. The Morgan fingerprint density at radius 2 is 1.84 bits per heavy atom. The molecule has 3 aromatic heterocycles. The van der Waals surface area contributed by atoms with Crippen molar-refractivity contribution < 1.29 is 17.7 Å². The number of hydrogen-bond donors (Lipinski definition) is 1. The van der Waals surface area contributed by atoms with Gasteiger partial charge in [-0.05, 0) is 40.2 Å². The highest BCUT2D eigenvalue weighted by Crippen LogP contribution is 2.32. The van der Waals surface area contributed by atoms with Crippen LogP contribution in [0.4, 0.5) is 5.82 Å². The van der Waals surface area contributed by atoms with Crippen molar-refractivity contribution in [2.75, 3.05) is 31.5 Å². The number of fused-ring (bicyclic) bond motifs is 1. The first-order valence-electron chi connectivity index (χ1n) is 10.3. The lowest BCUT2D eigenvalue weighted by Gasteiger charge is -2.35. The second kappa shape index (κ2) is 8.41. The number of nitrogens with zero attached hydrogens (tertiary/aromatic N) is 5. The first-order chi connectivity index (χ1) is 15.1. The molecule has 4 rings (SSSR count). The summed E-state index contributed by atoms with van der Waals surface area (Å²) < 4.78 is 32.4. The van der Waals surface area contributed by atoms with E-state index >= 15 is 0 Å². The van der Waals surface area contributed by atoms with Crippen molar-refractivity contribution in [1.82, 2.24) is 24.3 Å². The highest BCUT2D eigenvalue weighted by atomic mass is 32.2. The van der Waals surface area contributed by atoms with Gasteiger partial charge in [-0.3, -0.25) is 4.79 Å². The van der Waals surface area contributed by atoms with E-state index in [0.29, 0.717) is 24.6 Å². The molecular formula is C20H26N6O4S2. The Kier molecular flexibility index (Phi) is 5.94. The number of rotatable bonds is 5. The Bertz CT molecular complexity index is 1260. The Morgan fingerprint density at radius 3 is 2.47 bits per heavy atom.